The third-order valence-electron chi connectivity index (χ3n) is 8.86. The minimum atomic E-state index is -4.46. The maximum absolute atomic E-state index is 14.7. The molecule has 12 heteroatoms. The molecule has 5 rings (SSSR count). The summed E-state index contributed by atoms with van der Waals surface area (Å²) in [5, 5.41) is 3.57. The first-order valence-corrected chi connectivity index (χ1v) is 18.3. The lowest BCUT2D eigenvalue weighted by molar-refractivity contribution is -0.140. The number of benzene rings is 4. The molecule has 0 bridgehead atoms. The Morgan fingerprint density at radius 2 is 1.54 bits per heavy atom. The first kappa shape index (κ1) is 36.7. The van der Waals surface area contributed by atoms with Gasteiger partial charge in [-0.25, -0.2) is 12.8 Å². The highest BCUT2D eigenvalue weighted by atomic mass is 35.5. The van der Waals surface area contributed by atoms with E-state index in [1.54, 1.807) is 24.3 Å². The molecule has 1 aliphatic rings. The monoisotopic (exact) mass is 721 g/mol. The Morgan fingerprint density at radius 3 is 2.20 bits per heavy atom. The van der Waals surface area contributed by atoms with Crippen LogP contribution in [0.1, 0.15) is 43.2 Å². The number of methoxy groups -OCH3 is 2. The largest absolute Gasteiger partial charge is 0.493 e. The summed E-state index contributed by atoms with van der Waals surface area (Å²) in [6.07, 6.45) is 4.95. The van der Waals surface area contributed by atoms with Crippen LogP contribution in [-0.2, 0) is 32.6 Å². The summed E-state index contributed by atoms with van der Waals surface area (Å²) in [5.74, 6) is -1.09. The van der Waals surface area contributed by atoms with Crippen LogP contribution >= 0.6 is 11.6 Å². The number of carbonyl (C=O) groups excluding carboxylic acids is 2. The minimum absolute atomic E-state index is 0.0343. The van der Waals surface area contributed by atoms with Gasteiger partial charge in [0.05, 0.1) is 24.8 Å². The number of ether oxygens (including phenoxy) is 2. The number of amides is 2. The third-order valence-corrected chi connectivity index (χ3v) is 11.0. The molecule has 264 valence electrons. The van der Waals surface area contributed by atoms with Crippen molar-refractivity contribution in [2.75, 3.05) is 25.1 Å². The van der Waals surface area contributed by atoms with Crippen LogP contribution < -0.4 is 19.1 Å². The van der Waals surface area contributed by atoms with Crippen LogP contribution in [0.4, 0.5) is 10.1 Å². The summed E-state index contributed by atoms with van der Waals surface area (Å²) >= 11 is 6.59. The van der Waals surface area contributed by atoms with Crippen LogP contribution in [-0.4, -0.2) is 58.0 Å². The van der Waals surface area contributed by atoms with E-state index in [2.05, 4.69) is 5.32 Å². The van der Waals surface area contributed by atoms with E-state index in [9.17, 15) is 22.4 Å². The van der Waals surface area contributed by atoms with Crippen LogP contribution in [0.25, 0.3) is 0 Å². The molecule has 2 amide bonds. The van der Waals surface area contributed by atoms with Crippen molar-refractivity contribution >= 4 is 39.1 Å². The summed E-state index contributed by atoms with van der Waals surface area (Å²) in [6.45, 7) is -0.767. The number of anilines is 1. The van der Waals surface area contributed by atoms with Crippen molar-refractivity contribution in [1.82, 2.24) is 10.2 Å². The smallest absolute Gasteiger partial charge is 0.264 e. The number of nitrogens with one attached hydrogen (secondary N) is 1. The van der Waals surface area contributed by atoms with E-state index >= 15 is 0 Å². The van der Waals surface area contributed by atoms with Crippen LogP contribution in [0, 0.1) is 5.82 Å². The molecule has 0 spiro atoms. The molecule has 4 aromatic rings. The van der Waals surface area contributed by atoms with Gasteiger partial charge < -0.3 is 19.7 Å². The average Bonchev–Trinajstić information content (AvgIpc) is 3.13. The van der Waals surface area contributed by atoms with Gasteiger partial charge in [-0.15, -0.1) is 0 Å². The standard InChI is InChI=1S/C38H41ClFN3O6S/c1-48-35-22-21-32(24-36(35)49-2)50(46,47)43(31-19-17-29(40)18-20-31)26-37(44)42(25-28-13-9-10-16-33(28)39)34(23-27-11-5-3-6-12-27)38(45)41-30-14-7-4-8-15-30/h3,5-6,9-13,16-22,24,30,34H,4,7-8,14-15,23,25-26H2,1-2H3,(H,41,45)/t34-/m1/s1. The molecule has 50 heavy (non-hydrogen) atoms. The second-order valence-corrected chi connectivity index (χ2v) is 14.4. The number of hydrogen-bond acceptors (Lipinski definition) is 6. The van der Waals surface area contributed by atoms with E-state index in [-0.39, 0.29) is 41.2 Å². The second kappa shape index (κ2) is 16.9. The molecular weight excluding hydrogens is 681 g/mol. The van der Waals surface area contributed by atoms with Gasteiger partial charge in [0.15, 0.2) is 11.5 Å². The highest BCUT2D eigenvalue weighted by Gasteiger charge is 2.36. The molecule has 1 N–H and O–H groups in total. The SMILES string of the molecule is COc1ccc(S(=O)(=O)N(CC(=O)N(Cc2ccccc2Cl)[C@H](Cc2ccccc2)C(=O)NC2CCCCC2)c2ccc(F)cc2)cc1OC. The average molecular weight is 722 g/mol. The van der Waals surface area contributed by atoms with Crippen molar-refractivity contribution in [2.45, 2.75) is 62.0 Å². The van der Waals surface area contributed by atoms with Gasteiger partial charge in [-0.2, -0.15) is 0 Å². The zero-order valence-corrected chi connectivity index (χ0v) is 29.6. The van der Waals surface area contributed by atoms with Gasteiger partial charge in [0.2, 0.25) is 11.8 Å². The predicted molar refractivity (Wildman–Crippen MR) is 191 cm³/mol. The third kappa shape index (κ3) is 8.94. The van der Waals surface area contributed by atoms with Gasteiger partial charge in [-0.05, 0) is 66.4 Å². The summed E-state index contributed by atoms with van der Waals surface area (Å²) in [6, 6.07) is 24.2. The Bertz CT molecular complexity index is 1870. The van der Waals surface area contributed by atoms with Gasteiger partial charge in [0.1, 0.15) is 18.4 Å². The van der Waals surface area contributed by atoms with Crippen LogP contribution in [0.15, 0.2) is 102 Å². The van der Waals surface area contributed by atoms with Gasteiger partial charge in [0.25, 0.3) is 10.0 Å². The van der Waals surface area contributed by atoms with Gasteiger partial charge >= 0.3 is 0 Å². The van der Waals surface area contributed by atoms with Gasteiger partial charge in [-0.3, -0.25) is 13.9 Å². The number of sulfonamides is 1. The lowest BCUT2D eigenvalue weighted by Gasteiger charge is -2.35. The van der Waals surface area contributed by atoms with Crippen LogP contribution in [0.5, 0.6) is 11.5 Å². The summed E-state index contributed by atoms with van der Waals surface area (Å²) in [7, 11) is -1.65. The molecular formula is C38H41ClFN3O6S. The Balaban J connectivity index is 1.58. The van der Waals surface area contributed by atoms with E-state index in [1.807, 2.05) is 30.3 Å². The molecule has 1 fully saturated rings. The van der Waals surface area contributed by atoms with Crippen molar-refractivity contribution in [3.63, 3.8) is 0 Å². The highest BCUT2D eigenvalue weighted by molar-refractivity contribution is 7.92. The fourth-order valence-electron chi connectivity index (χ4n) is 6.15. The fraction of sp³-hybridized carbons (Fsp3) is 0.316. The predicted octanol–water partition coefficient (Wildman–Crippen LogP) is 6.78. The van der Waals surface area contributed by atoms with Crippen molar-refractivity contribution in [1.29, 1.82) is 0 Å². The molecule has 0 radical (unpaired) electrons. The molecule has 1 atom stereocenters. The normalized spacial score (nSPS) is 14.0. The topological polar surface area (TPSA) is 105 Å². The van der Waals surface area contributed by atoms with E-state index < -0.39 is 34.3 Å². The first-order chi connectivity index (χ1) is 24.1. The lowest BCUT2D eigenvalue weighted by Crippen LogP contribution is -2.55. The Kier molecular flexibility index (Phi) is 12.4. The number of nitrogens with zero attached hydrogens (tertiary/aromatic N) is 2. The van der Waals surface area contributed by atoms with Crippen molar-refractivity contribution in [3.05, 3.63) is 119 Å². The van der Waals surface area contributed by atoms with Crippen LogP contribution in [0.2, 0.25) is 5.02 Å². The molecule has 1 saturated carbocycles. The fourth-order valence-corrected chi connectivity index (χ4v) is 7.77. The zero-order valence-electron chi connectivity index (χ0n) is 28.1. The molecule has 0 saturated heterocycles. The number of hydrogen-bond donors (Lipinski definition) is 1. The molecule has 0 heterocycles. The first-order valence-electron chi connectivity index (χ1n) is 16.5. The van der Waals surface area contributed by atoms with Crippen molar-refractivity contribution < 1.29 is 31.9 Å². The van der Waals surface area contributed by atoms with Gasteiger partial charge in [0, 0.05) is 30.1 Å². The maximum Gasteiger partial charge on any atom is 0.264 e. The highest BCUT2D eigenvalue weighted by Crippen LogP contribution is 2.33. The van der Waals surface area contributed by atoms with Crippen molar-refractivity contribution in [3.8, 4) is 11.5 Å². The maximum atomic E-state index is 14.7. The zero-order chi connectivity index (χ0) is 35.7. The molecule has 9 nitrogen and oxygen atoms in total. The molecule has 0 aliphatic heterocycles. The molecule has 4 aromatic carbocycles. The van der Waals surface area contributed by atoms with Gasteiger partial charge in [-0.1, -0.05) is 79.4 Å². The molecule has 0 unspecified atom stereocenters. The molecule has 1 aliphatic carbocycles. The van der Waals surface area contributed by atoms with Crippen molar-refractivity contribution in [2.24, 2.45) is 0 Å². The lowest BCUT2D eigenvalue weighted by atomic mass is 9.94. The summed E-state index contributed by atoms with van der Waals surface area (Å²) in [4.78, 5) is 30.2. The van der Waals surface area contributed by atoms with E-state index in [0.29, 0.717) is 16.3 Å². The van der Waals surface area contributed by atoms with E-state index in [0.717, 1.165) is 54.1 Å². The van der Waals surface area contributed by atoms with E-state index in [4.69, 9.17) is 21.1 Å². The number of rotatable bonds is 14. The Morgan fingerprint density at radius 1 is 0.880 bits per heavy atom. The minimum Gasteiger partial charge on any atom is -0.493 e. The Labute approximate surface area is 298 Å². The quantitative estimate of drug-likeness (QED) is 0.154. The second-order valence-electron chi connectivity index (χ2n) is 12.2. The number of carbonyl (C=O) groups is 2. The Hall–Kier alpha value is -4.61. The summed E-state index contributed by atoms with van der Waals surface area (Å²) < 4.78 is 54.4. The van der Waals surface area contributed by atoms with E-state index in [1.165, 1.54) is 49.5 Å². The summed E-state index contributed by atoms with van der Waals surface area (Å²) in [5.41, 5.74) is 1.46. The number of halogens is 2. The van der Waals surface area contributed by atoms with Crippen LogP contribution in [0.3, 0.4) is 0 Å². The molecule has 0 aromatic heterocycles.